The molecule has 3 aromatic rings. The molecule has 1 saturated heterocycles. The van der Waals surface area contributed by atoms with Crippen LogP contribution in [0.5, 0.6) is 5.75 Å². The van der Waals surface area contributed by atoms with Crippen molar-refractivity contribution < 1.29 is 14.3 Å². The average molecular weight is 416 g/mol. The molecular formula is C24H24N4O3. The summed E-state index contributed by atoms with van der Waals surface area (Å²) in [7, 11) is 0. The number of ether oxygens (including phenoxy) is 1. The maximum atomic E-state index is 12.9. The van der Waals surface area contributed by atoms with Crippen molar-refractivity contribution in [2.75, 3.05) is 31.6 Å². The van der Waals surface area contributed by atoms with E-state index in [4.69, 9.17) is 4.74 Å². The van der Waals surface area contributed by atoms with Crippen molar-refractivity contribution in [1.82, 2.24) is 15.2 Å². The van der Waals surface area contributed by atoms with Gasteiger partial charge >= 0.3 is 6.03 Å². The minimum atomic E-state index is -0.191. The molecule has 0 bridgehead atoms. The number of piperazine rings is 1. The number of benzene rings is 2. The van der Waals surface area contributed by atoms with Crippen LogP contribution in [-0.4, -0.2) is 54.0 Å². The molecule has 0 spiro atoms. The SMILES string of the molecule is O=C(c1ccccc1)c1ccc(NC(=O)N2CCNCC2COc2cccnc2)cc1. The minimum Gasteiger partial charge on any atom is -0.490 e. The van der Waals surface area contributed by atoms with Crippen LogP contribution >= 0.6 is 0 Å². The largest absolute Gasteiger partial charge is 0.490 e. The van der Waals surface area contributed by atoms with Crippen LogP contribution in [0.25, 0.3) is 0 Å². The zero-order chi connectivity index (χ0) is 21.5. The quantitative estimate of drug-likeness (QED) is 0.603. The Morgan fingerprint density at radius 1 is 1.03 bits per heavy atom. The maximum absolute atomic E-state index is 12.9. The predicted molar refractivity (Wildman–Crippen MR) is 118 cm³/mol. The van der Waals surface area contributed by atoms with Gasteiger partial charge in [-0.2, -0.15) is 0 Å². The first-order valence-corrected chi connectivity index (χ1v) is 10.2. The standard InChI is InChI=1S/C24H24N4O3/c29-23(18-5-2-1-3-6-18)19-8-10-20(11-9-19)27-24(30)28-14-13-26-15-21(28)17-31-22-7-4-12-25-16-22/h1-12,16,21,26H,13-15,17H2,(H,27,30). The van der Waals surface area contributed by atoms with Gasteiger partial charge in [-0.05, 0) is 36.4 Å². The van der Waals surface area contributed by atoms with E-state index < -0.39 is 0 Å². The van der Waals surface area contributed by atoms with E-state index in [1.165, 1.54) is 0 Å². The predicted octanol–water partition coefficient (Wildman–Crippen LogP) is 3.20. The first kappa shape index (κ1) is 20.6. The Bertz CT molecular complexity index is 1010. The molecule has 4 rings (SSSR count). The van der Waals surface area contributed by atoms with Crippen LogP contribution in [0.3, 0.4) is 0 Å². The van der Waals surface area contributed by atoms with Crippen molar-refractivity contribution in [3.05, 3.63) is 90.3 Å². The van der Waals surface area contributed by atoms with Crippen LogP contribution in [0.2, 0.25) is 0 Å². The van der Waals surface area contributed by atoms with Crippen molar-refractivity contribution in [2.24, 2.45) is 0 Å². The Kier molecular flexibility index (Phi) is 6.54. The minimum absolute atomic E-state index is 0.0480. The number of nitrogens with one attached hydrogen (secondary N) is 2. The highest BCUT2D eigenvalue weighted by molar-refractivity contribution is 6.09. The molecule has 7 nitrogen and oxygen atoms in total. The van der Waals surface area contributed by atoms with Crippen LogP contribution < -0.4 is 15.4 Å². The van der Waals surface area contributed by atoms with Gasteiger partial charge in [-0.3, -0.25) is 9.78 Å². The fourth-order valence-electron chi connectivity index (χ4n) is 3.46. The third-order valence-corrected chi connectivity index (χ3v) is 5.12. The number of hydrogen-bond acceptors (Lipinski definition) is 5. The van der Waals surface area contributed by atoms with E-state index >= 15 is 0 Å². The average Bonchev–Trinajstić information content (AvgIpc) is 2.84. The molecule has 1 atom stereocenters. The first-order valence-electron chi connectivity index (χ1n) is 10.2. The van der Waals surface area contributed by atoms with Crippen LogP contribution in [-0.2, 0) is 0 Å². The van der Waals surface area contributed by atoms with Crippen molar-refractivity contribution in [1.29, 1.82) is 0 Å². The van der Waals surface area contributed by atoms with Gasteiger partial charge in [-0.25, -0.2) is 4.79 Å². The summed E-state index contributed by atoms with van der Waals surface area (Å²) < 4.78 is 5.80. The molecule has 7 heteroatoms. The Hall–Kier alpha value is -3.71. The summed E-state index contributed by atoms with van der Waals surface area (Å²) >= 11 is 0. The third-order valence-electron chi connectivity index (χ3n) is 5.12. The highest BCUT2D eigenvalue weighted by atomic mass is 16.5. The van der Waals surface area contributed by atoms with E-state index in [0.717, 1.165) is 6.54 Å². The van der Waals surface area contributed by atoms with Gasteiger partial charge in [0, 0.05) is 42.6 Å². The van der Waals surface area contributed by atoms with Crippen LogP contribution in [0, 0.1) is 0 Å². The van der Waals surface area contributed by atoms with E-state index in [1.54, 1.807) is 53.7 Å². The molecule has 1 unspecified atom stereocenters. The Labute approximate surface area is 181 Å². The number of anilines is 1. The number of pyridine rings is 1. The van der Waals surface area contributed by atoms with Gasteiger partial charge < -0.3 is 20.3 Å². The zero-order valence-corrected chi connectivity index (χ0v) is 17.0. The highest BCUT2D eigenvalue weighted by Gasteiger charge is 2.27. The summed E-state index contributed by atoms with van der Waals surface area (Å²) in [6.07, 6.45) is 3.34. The van der Waals surface area contributed by atoms with Crippen LogP contribution in [0.4, 0.5) is 10.5 Å². The smallest absolute Gasteiger partial charge is 0.322 e. The van der Waals surface area contributed by atoms with Crippen LogP contribution in [0.15, 0.2) is 79.1 Å². The molecule has 0 saturated carbocycles. The number of nitrogens with zero attached hydrogens (tertiary/aromatic N) is 2. The maximum Gasteiger partial charge on any atom is 0.322 e. The number of rotatable bonds is 6. The summed E-state index contributed by atoms with van der Waals surface area (Å²) in [4.78, 5) is 31.2. The zero-order valence-electron chi connectivity index (χ0n) is 17.0. The topological polar surface area (TPSA) is 83.6 Å². The van der Waals surface area contributed by atoms with Crippen LogP contribution in [0.1, 0.15) is 15.9 Å². The molecule has 31 heavy (non-hydrogen) atoms. The molecule has 0 aliphatic carbocycles. The second kappa shape index (κ2) is 9.86. The van der Waals surface area contributed by atoms with Gasteiger partial charge in [0.2, 0.25) is 0 Å². The molecule has 1 fully saturated rings. The summed E-state index contributed by atoms with van der Waals surface area (Å²) in [6, 6.07) is 19.4. The molecule has 2 amide bonds. The number of hydrogen-bond donors (Lipinski definition) is 2. The molecule has 2 aromatic carbocycles. The van der Waals surface area contributed by atoms with Gasteiger partial charge in [0.1, 0.15) is 12.4 Å². The first-order chi connectivity index (χ1) is 15.2. The van der Waals surface area contributed by atoms with E-state index in [-0.39, 0.29) is 17.9 Å². The molecule has 1 aromatic heterocycles. The van der Waals surface area contributed by atoms with E-state index in [9.17, 15) is 9.59 Å². The molecule has 2 N–H and O–H groups in total. The molecule has 2 heterocycles. The number of carbonyl (C=O) groups excluding carboxylic acids is 2. The number of urea groups is 1. The van der Waals surface area contributed by atoms with Crippen molar-refractivity contribution in [3.8, 4) is 5.75 Å². The summed E-state index contributed by atoms with van der Waals surface area (Å²) in [5, 5.41) is 6.23. The third kappa shape index (κ3) is 5.26. The lowest BCUT2D eigenvalue weighted by Crippen LogP contribution is -2.57. The summed E-state index contributed by atoms with van der Waals surface area (Å²) in [5.74, 6) is 0.625. The van der Waals surface area contributed by atoms with Gasteiger partial charge in [0.15, 0.2) is 5.78 Å². The monoisotopic (exact) mass is 416 g/mol. The second-order valence-electron chi connectivity index (χ2n) is 7.25. The van der Waals surface area contributed by atoms with E-state index in [2.05, 4.69) is 15.6 Å². The molecule has 0 radical (unpaired) electrons. The molecule has 158 valence electrons. The number of aromatic nitrogens is 1. The molecular weight excluding hydrogens is 392 g/mol. The second-order valence-corrected chi connectivity index (χ2v) is 7.25. The van der Waals surface area contributed by atoms with E-state index in [1.807, 2.05) is 30.3 Å². The fourth-order valence-corrected chi connectivity index (χ4v) is 3.46. The number of ketones is 1. The van der Waals surface area contributed by atoms with Crippen molar-refractivity contribution in [2.45, 2.75) is 6.04 Å². The molecule has 1 aliphatic heterocycles. The fraction of sp³-hybridized carbons (Fsp3) is 0.208. The van der Waals surface area contributed by atoms with Gasteiger partial charge in [-0.15, -0.1) is 0 Å². The Morgan fingerprint density at radius 2 is 1.81 bits per heavy atom. The summed E-state index contributed by atoms with van der Waals surface area (Å²) in [5.41, 5.74) is 1.85. The lowest BCUT2D eigenvalue weighted by molar-refractivity contribution is 0.103. The number of carbonyl (C=O) groups is 2. The van der Waals surface area contributed by atoms with Gasteiger partial charge in [-0.1, -0.05) is 30.3 Å². The Morgan fingerprint density at radius 3 is 2.55 bits per heavy atom. The Balaban J connectivity index is 1.37. The van der Waals surface area contributed by atoms with Crippen molar-refractivity contribution in [3.63, 3.8) is 0 Å². The normalized spacial score (nSPS) is 15.9. The highest BCUT2D eigenvalue weighted by Crippen LogP contribution is 2.16. The lowest BCUT2D eigenvalue weighted by Gasteiger charge is -2.35. The summed E-state index contributed by atoms with van der Waals surface area (Å²) in [6.45, 7) is 2.33. The van der Waals surface area contributed by atoms with Crippen molar-refractivity contribution >= 4 is 17.5 Å². The molecule has 1 aliphatic rings. The number of amides is 2. The van der Waals surface area contributed by atoms with Gasteiger partial charge in [0.05, 0.1) is 12.2 Å². The lowest BCUT2D eigenvalue weighted by atomic mass is 10.0. The van der Waals surface area contributed by atoms with Gasteiger partial charge in [0.25, 0.3) is 0 Å². The van der Waals surface area contributed by atoms with E-state index in [0.29, 0.717) is 42.3 Å².